The number of likely N-dealkylation sites (N-methyl/N-ethyl adjacent to an activating group) is 1. The van der Waals surface area contributed by atoms with Crippen LogP contribution in [0.1, 0.15) is 38.7 Å². The average Bonchev–Trinajstić information content (AvgIpc) is 3.13. The molecule has 10 heteroatoms. The molecule has 3 aliphatic rings. The summed E-state index contributed by atoms with van der Waals surface area (Å²) < 4.78 is 39.2. The highest BCUT2D eigenvalue weighted by molar-refractivity contribution is 7.89. The van der Waals surface area contributed by atoms with Crippen molar-refractivity contribution in [3.63, 3.8) is 0 Å². The van der Waals surface area contributed by atoms with Crippen LogP contribution in [0.25, 0.3) is 0 Å². The van der Waals surface area contributed by atoms with Gasteiger partial charge in [0, 0.05) is 20.1 Å². The van der Waals surface area contributed by atoms with Crippen LogP contribution < -0.4 is 15.5 Å². The Labute approximate surface area is 189 Å². The van der Waals surface area contributed by atoms with Crippen molar-refractivity contribution in [3.05, 3.63) is 47.1 Å². The van der Waals surface area contributed by atoms with Crippen LogP contribution in [-0.2, 0) is 14.8 Å². The number of aliphatic imine (C=N–C) groups is 1. The summed E-state index contributed by atoms with van der Waals surface area (Å²) in [4.78, 5) is 4.84. The molecule has 0 unspecified atom stereocenters. The summed E-state index contributed by atoms with van der Waals surface area (Å²) in [5.74, 6) is 1.17. The molecule has 0 radical (unpaired) electrons. The normalized spacial score (nSPS) is 19.2. The maximum Gasteiger partial charge on any atom is 0.243 e. The molecule has 32 heavy (non-hydrogen) atoms. The molecule has 3 heterocycles. The largest absolute Gasteiger partial charge is 0.493 e. The zero-order valence-electron chi connectivity index (χ0n) is 18.8. The van der Waals surface area contributed by atoms with Crippen LogP contribution in [0.3, 0.4) is 0 Å². The minimum absolute atomic E-state index is 0.224. The van der Waals surface area contributed by atoms with E-state index < -0.39 is 10.0 Å². The minimum atomic E-state index is -3.64. The number of benzene rings is 1. The van der Waals surface area contributed by atoms with E-state index in [1.165, 1.54) is 4.31 Å². The summed E-state index contributed by atoms with van der Waals surface area (Å²) in [7, 11) is -1.69. The second-order valence-corrected chi connectivity index (χ2v) is 9.85. The number of sulfonamides is 1. The molecule has 174 valence electrons. The quantitative estimate of drug-likeness (QED) is 0.612. The Hall–Kier alpha value is -2.56. The van der Waals surface area contributed by atoms with Gasteiger partial charge in [0.25, 0.3) is 0 Å². The Balaban J connectivity index is 1.73. The number of allylic oxidation sites excluding steroid dienone is 1. The SMILES string of the molecule is CCCOc1ccc(S(=O)(=O)N2CCOCC2)cc1C1=NC=C2C(=C(CCC)NN2C)N1. The van der Waals surface area contributed by atoms with Crippen LogP contribution in [-0.4, -0.2) is 63.5 Å². The number of hydrogen-bond donors (Lipinski definition) is 2. The third-order valence-corrected chi connectivity index (χ3v) is 7.45. The van der Waals surface area contributed by atoms with Crippen LogP contribution in [0.4, 0.5) is 0 Å². The Kier molecular flexibility index (Phi) is 6.73. The molecule has 1 saturated heterocycles. The molecule has 2 N–H and O–H groups in total. The lowest BCUT2D eigenvalue weighted by Crippen LogP contribution is -2.40. The van der Waals surface area contributed by atoms with Gasteiger partial charge in [0.15, 0.2) is 0 Å². The standard InChI is InChI=1S/C22H31N5O4S/c1-4-6-18-21-19(26(3)25-18)15-23-22(24-21)17-14-16(7-8-20(17)31-11-5-2)32(28,29)27-9-12-30-13-10-27/h7-8,14-15,25H,4-6,9-13H2,1-3H3,(H,23,24). The van der Waals surface area contributed by atoms with Gasteiger partial charge >= 0.3 is 0 Å². The van der Waals surface area contributed by atoms with Crippen LogP contribution in [0, 0.1) is 0 Å². The highest BCUT2D eigenvalue weighted by atomic mass is 32.2. The van der Waals surface area contributed by atoms with E-state index in [2.05, 4.69) is 22.7 Å². The molecule has 9 nitrogen and oxygen atoms in total. The zero-order valence-corrected chi connectivity index (χ0v) is 19.7. The van der Waals surface area contributed by atoms with Crippen molar-refractivity contribution in [3.8, 4) is 5.75 Å². The molecule has 1 aromatic carbocycles. The monoisotopic (exact) mass is 461 g/mol. The zero-order chi connectivity index (χ0) is 22.7. The van der Waals surface area contributed by atoms with Gasteiger partial charge in [0.05, 0.1) is 47.9 Å². The average molecular weight is 462 g/mol. The van der Waals surface area contributed by atoms with Crippen molar-refractivity contribution in [1.29, 1.82) is 0 Å². The fourth-order valence-electron chi connectivity index (χ4n) is 3.90. The molecule has 1 fully saturated rings. The summed E-state index contributed by atoms with van der Waals surface area (Å²) in [5, 5.41) is 5.35. The molecule has 0 aromatic heterocycles. The fourth-order valence-corrected chi connectivity index (χ4v) is 5.34. The van der Waals surface area contributed by atoms with Gasteiger partial charge in [-0.05, 0) is 31.0 Å². The molecule has 0 spiro atoms. The van der Waals surface area contributed by atoms with Gasteiger partial charge in [0.2, 0.25) is 10.0 Å². The lowest BCUT2D eigenvalue weighted by molar-refractivity contribution is 0.0730. The number of hydrogen-bond acceptors (Lipinski definition) is 8. The van der Waals surface area contributed by atoms with E-state index in [4.69, 9.17) is 9.47 Å². The highest BCUT2D eigenvalue weighted by Crippen LogP contribution is 2.30. The summed E-state index contributed by atoms with van der Waals surface area (Å²) in [5.41, 5.74) is 6.98. The fraction of sp³-hybridized carbons (Fsp3) is 0.500. The van der Waals surface area contributed by atoms with Gasteiger partial charge in [-0.3, -0.25) is 5.01 Å². The lowest BCUT2D eigenvalue weighted by atomic mass is 10.1. The first kappa shape index (κ1) is 22.6. The third-order valence-electron chi connectivity index (χ3n) is 5.56. The number of rotatable bonds is 8. The van der Waals surface area contributed by atoms with Crippen molar-refractivity contribution in [1.82, 2.24) is 20.1 Å². The Morgan fingerprint density at radius 1 is 1.19 bits per heavy atom. The third kappa shape index (κ3) is 4.35. The Bertz CT molecular complexity index is 1060. The molecule has 1 aromatic rings. The first-order valence-electron chi connectivity index (χ1n) is 11.1. The van der Waals surface area contributed by atoms with Crippen LogP contribution in [0.2, 0.25) is 0 Å². The first-order valence-corrected chi connectivity index (χ1v) is 12.5. The first-order chi connectivity index (χ1) is 15.5. The number of hydrazine groups is 1. The van der Waals surface area contributed by atoms with E-state index in [0.29, 0.717) is 50.1 Å². The summed E-state index contributed by atoms with van der Waals surface area (Å²) >= 11 is 0. The van der Waals surface area contributed by atoms with Crippen molar-refractivity contribution in [2.24, 2.45) is 4.99 Å². The molecular weight excluding hydrogens is 430 g/mol. The molecule has 0 bridgehead atoms. The van der Waals surface area contributed by atoms with Crippen LogP contribution in [0.5, 0.6) is 5.75 Å². The van der Waals surface area contributed by atoms with E-state index >= 15 is 0 Å². The Morgan fingerprint density at radius 2 is 1.97 bits per heavy atom. The molecule has 0 atom stereocenters. The number of fused-ring (bicyclic) bond motifs is 1. The van der Waals surface area contributed by atoms with E-state index in [1.807, 2.05) is 19.0 Å². The topological polar surface area (TPSA) is 95.5 Å². The number of amidine groups is 1. The van der Waals surface area contributed by atoms with Gasteiger partial charge in [-0.15, -0.1) is 0 Å². The predicted molar refractivity (Wildman–Crippen MR) is 122 cm³/mol. The van der Waals surface area contributed by atoms with Gasteiger partial charge in [-0.2, -0.15) is 4.31 Å². The van der Waals surface area contributed by atoms with E-state index in [-0.39, 0.29) is 4.90 Å². The number of ether oxygens (including phenoxy) is 2. The van der Waals surface area contributed by atoms with Gasteiger partial charge in [-0.1, -0.05) is 20.3 Å². The molecule has 0 saturated carbocycles. The molecular formula is C22H31N5O4S. The predicted octanol–water partition coefficient (Wildman–Crippen LogP) is 2.15. The molecule has 0 aliphatic carbocycles. The summed E-state index contributed by atoms with van der Waals surface area (Å²) in [6.45, 7) is 6.20. The second kappa shape index (κ2) is 9.51. The van der Waals surface area contributed by atoms with Gasteiger partial charge in [-0.25, -0.2) is 13.4 Å². The van der Waals surface area contributed by atoms with Crippen molar-refractivity contribution >= 4 is 15.9 Å². The maximum absolute atomic E-state index is 13.2. The number of morpholine rings is 1. The number of nitrogens with one attached hydrogen (secondary N) is 2. The number of nitrogens with zero attached hydrogens (tertiary/aromatic N) is 3. The summed E-state index contributed by atoms with van der Waals surface area (Å²) in [6.07, 6.45) is 4.53. The van der Waals surface area contributed by atoms with Crippen LogP contribution in [0.15, 0.2) is 51.4 Å². The van der Waals surface area contributed by atoms with E-state index in [0.717, 1.165) is 36.4 Å². The smallest absolute Gasteiger partial charge is 0.243 e. The van der Waals surface area contributed by atoms with E-state index in [9.17, 15) is 8.42 Å². The second-order valence-electron chi connectivity index (χ2n) is 7.91. The van der Waals surface area contributed by atoms with Crippen molar-refractivity contribution < 1.29 is 17.9 Å². The molecule has 3 aliphatic heterocycles. The van der Waals surface area contributed by atoms with Gasteiger partial charge in [0.1, 0.15) is 17.3 Å². The highest BCUT2D eigenvalue weighted by Gasteiger charge is 2.30. The minimum Gasteiger partial charge on any atom is -0.493 e. The molecule has 0 amide bonds. The van der Waals surface area contributed by atoms with Crippen molar-refractivity contribution in [2.45, 2.75) is 38.0 Å². The summed E-state index contributed by atoms with van der Waals surface area (Å²) in [6, 6.07) is 4.99. The molecule has 4 rings (SSSR count). The van der Waals surface area contributed by atoms with Crippen LogP contribution >= 0.6 is 0 Å². The Morgan fingerprint density at radius 3 is 2.69 bits per heavy atom. The van der Waals surface area contributed by atoms with E-state index in [1.54, 1.807) is 24.4 Å². The van der Waals surface area contributed by atoms with Gasteiger partial charge < -0.3 is 20.2 Å². The van der Waals surface area contributed by atoms with Crippen molar-refractivity contribution in [2.75, 3.05) is 40.0 Å². The lowest BCUT2D eigenvalue weighted by Gasteiger charge is -2.26. The maximum atomic E-state index is 13.2.